The number of H-pyrrole nitrogens is 2. The van der Waals surface area contributed by atoms with E-state index in [0.29, 0.717) is 12.0 Å². The highest BCUT2D eigenvalue weighted by Gasteiger charge is 2.09. The van der Waals surface area contributed by atoms with Crippen molar-refractivity contribution in [3.63, 3.8) is 0 Å². The number of rotatable bonds is 11. The highest BCUT2D eigenvalue weighted by Crippen LogP contribution is 2.14. The van der Waals surface area contributed by atoms with Crippen LogP contribution in [0.25, 0.3) is 0 Å². The average molecular weight is 396 g/mol. The van der Waals surface area contributed by atoms with Gasteiger partial charge < -0.3 is 20.6 Å². The lowest BCUT2D eigenvalue weighted by Crippen LogP contribution is -2.44. The number of aryl methyl sites for hydroxylation is 2. The van der Waals surface area contributed by atoms with Gasteiger partial charge in [0.15, 0.2) is 5.96 Å². The van der Waals surface area contributed by atoms with Crippen LogP contribution in [0, 0.1) is 19.3 Å². The van der Waals surface area contributed by atoms with E-state index in [9.17, 15) is 0 Å². The lowest BCUT2D eigenvalue weighted by molar-refractivity contribution is 0.633. The van der Waals surface area contributed by atoms with Crippen LogP contribution in [0.5, 0.6) is 0 Å². The molecule has 26 heavy (non-hydrogen) atoms. The molecular weight excluding hydrogens is 366 g/mol. The smallest absolute Gasteiger partial charge is 0.188 e. The van der Waals surface area contributed by atoms with Gasteiger partial charge in [-0.1, -0.05) is 6.92 Å². The molecule has 7 nitrogen and oxygen atoms in total. The van der Waals surface area contributed by atoms with Crippen LogP contribution < -0.4 is 10.6 Å². The van der Waals surface area contributed by atoms with Gasteiger partial charge in [0.05, 0.1) is 24.0 Å². The number of guanidine groups is 1. The van der Waals surface area contributed by atoms with Crippen molar-refractivity contribution < 1.29 is 0 Å². The fourth-order valence-corrected chi connectivity index (χ4v) is 4.42. The molecule has 2 aromatic rings. The molecule has 0 bridgehead atoms. The Hall–Kier alpha value is -1.61. The summed E-state index contributed by atoms with van der Waals surface area (Å²) in [5, 5.41) is 14.5. The molecular formula is C17H29N7S2. The number of hydrogen-bond acceptors (Lipinski definition) is 5. The summed E-state index contributed by atoms with van der Waals surface area (Å²) in [5.74, 6) is 4.18. The zero-order valence-electron chi connectivity index (χ0n) is 15.7. The van der Waals surface area contributed by atoms with Crippen molar-refractivity contribution in [3.05, 3.63) is 35.4 Å². The molecule has 1 unspecified atom stereocenters. The van der Waals surface area contributed by atoms with E-state index in [0.717, 1.165) is 47.4 Å². The second kappa shape index (κ2) is 11.2. The van der Waals surface area contributed by atoms with Gasteiger partial charge >= 0.3 is 0 Å². The third-order valence-corrected chi connectivity index (χ3v) is 6.19. The molecule has 0 amide bonds. The molecule has 0 saturated carbocycles. The Morgan fingerprint density at radius 3 is 2.27 bits per heavy atom. The number of hydrogen-bond donors (Lipinski definition) is 5. The van der Waals surface area contributed by atoms with Crippen molar-refractivity contribution in [1.82, 2.24) is 30.6 Å². The summed E-state index contributed by atoms with van der Waals surface area (Å²) in [6.45, 7) is 6.96. The van der Waals surface area contributed by atoms with E-state index in [1.54, 1.807) is 12.7 Å². The maximum Gasteiger partial charge on any atom is 0.188 e. The van der Waals surface area contributed by atoms with Crippen molar-refractivity contribution in [2.45, 2.75) is 44.7 Å². The van der Waals surface area contributed by atoms with Gasteiger partial charge in [-0.2, -0.15) is 23.5 Å². The van der Waals surface area contributed by atoms with Crippen LogP contribution >= 0.6 is 23.5 Å². The summed E-state index contributed by atoms with van der Waals surface area (Å²) in [6, 6.07) is 0.295. The molecule has 0 aliphatic rings. The molecule has 9 heteroatoms. The largest absolute Gasteiger partial charge is 0.356 e. The van der Waals surface area contributed by atoms with Crippen LogP contribution in [-0.4, -0.2) is 50.0 Å². The molecule has 0 aliphatic heterocycles. The molecule has 2 aromatic heterocycles. The van der Waals surface area contributed by atoms with Gasteiger partial charge in [-0.05, 0) is 20.3 Å². The first-order valence-corrected chi connectivity index (χ1v) is 11.1. The molecule has 0 aromatic carbocycles. The number of nitrogens with zero attached hydrogens (tertiary/aromatic N) is 2. The Bertz CT molecular complexity index is 668. The number of imidazole rings is 2. The molecule has 2 heterocycles. The van der Waals surface area contributed by atoms with Crippen LogP contribution in [-0.2, 0) is 11.5 Å². The Morgan fingerprint density at radius 2 is 1.73 bits per heavy atom. The fraction of sp³-hybridized carbons (Fsp3) is 0.588. The van der Waals surface area contributed by atoms with E-state index < -0.39 is 0 Å². The minimum atomic E-state index is 0.295. The Balaban J connectivity index is 1.56. The average Bonchev–Trinajstić information content (AvgIpc) is 3.22. The summed E-state index contributed by atoms with van der Waals surface area (Å²) < 4.78 is 0. The molecule has 0 aliphatic carbocycles. The molecule has 0 radical (unpaired) electrons. The highest BCUT2D eigenvalue weighted by molar-refractivity contribution is 7.98. The van der Waals surface area contributed by atoms with E-state index in [-0.39, 0.29) is 0 Å². The van der Waals surface area contributed by atoms with E-state index in [2.05, 4.69) is 37.5 Å². The minimum absolute atomic E-state index is 0.295. The zero-order valence-corrected chi connectivity index (χ0v) is 17.3. The van der Waals surface area contributed by atoms with E-state index in [4.69, 9.17) is 5.41 Å². The summed E-state index contributed by atoms with van der Waals surface area (Å²) in [5.41, 5.74) is 4.49. The van der Waals surface area contributed by atoms with Crippen molar-refractivity contribution in [1.29, 1.82) is 5.41 Å². The minimum Gasteiger partial charge on any atom is -0.356 e. The fourth-order valence-electron chi connectivity index (χ4n) is 2.31. The first kappa shape index (κ1) is 20.7. The molecule has 5 N–H and O–H groups in total. The topological polar surface area (TPSA) is 105 Å². The van der Waals surface area contributed by atoms with Crippen LogP contribution in [0.15, 0.2) is 12.7 Å². The predicted molar refractivity (Wildman–Crippen MR) is 112 cm³/mol. The second-order valence-corrected chi connectivity index (χ2v) is 8.19. The summed E-state index contributed by atoms with van der Waals surface area (Å²) in [7, 11) is 0. The normalized spacial score (nSPS) is 12.1. The lowest BCUT2D eigenvalue weighted by atomic mass is 10.3. The number of aromatic amines is 2. The lowest BCUT2D eigenvalue weighted by Gasteiger charge is -2.19. The highest BCUT2D eigenvalue weighted by atomic mass is 32.2. The SMILES string of the molecule is CCC(CSCc1[nH]cnc1C)NC(=N)NCCSCc1[nH]cnc1C. The first-order valence-electron chi connectivity index (χ1n) is 8.82. The molecule has 2 rings (SSSR count). The van der Waals surface area contributed by atoms with Gasteiger partial charge in [0, 0.05) is 47.0 Å². The molecule has 1 atom stereocenters. The third-order valence-electron chi connectivity index (χ3n) is 4.07. The monoisotopic (exact) mass is 395 g/mol. The number of nitrogens with one attached hydrogen (secondary N) is 5. The number of aromatic nitrogens is 4. The van der Waals surface area contributed by atoms with E-state index in [1.807, 2.05) is 37.4 Å². The number of thioether (sulfide) groups is 2. The molecule has 0 fully saturated rings. The van der Waals surface area contributed by atoms with Gasteiger partial charge in [-0.25, -0.2) is 9.97 Å². The molecule has 0 saturated heterocycles. The Kier molecular flexibility index (Phi) is 8.90. The van der Waals surface area contributed by atoms with Gasteiger partial charge in [0.1, 0.15) is 0 Å². The quantitative estimate of drug-likeness (QED) is 0.228. The Labute approximate surface area is 163 Å². The summed E-state index contributed by atoms with van der Waals surface area (Å²) in [6.07, 6.45) is 4.47. The van der Waals surface area contributed by atoms with Crippen molar-refractivity contribution >= 4 is 29.5 Å². The standard InChI is InChI=1S/C17H29N7S2/c1-4-14(7-26-9-16-13(3)21-11-23-16)24-17(18)19-5-6-25-8-15-12(2)20-10-22-15/h10-11,14H,4-9H2,1-3H3,(H,20,22)(H,21,23)(H3,18,19,24). The second-order valence-electron chi connectivity index (χ2n) is 6.05. The van der Waals surface area contributed by atoms with Crippen LogP contribution in [0.1, 0.15) is 36.1 Å². The van der Waals surface area contributed by atoms with Crippen LogP contribution in [0.4, 0.5) is 0 Å². The van der Waals surface area contributed by atoms with Gasteiger partial charge in [-0.15, -0.1) is 0 Å². The summed E-state index contributed by atoms with van der Waals surface area (Å²) >= 11 is 3.69. The van der Waals surface area contributed by atoms with Gasteiger partial charge in [-0.3, -0.25) is 5.41 Å². The maximum atomic E-state index is 8.07. The van der Waals surface area contributed by atoms with Gasteiger partial charge in [0.2, 0.25) is 0 Å². The van der Waals surface area contributed by atoms with E-state index in [1.165, 1.54) is 11.4 Å². The molecule has 144 valence electrons. The Morgan fingerprint density at radius 1 is 1.12 bits per heavy atom. The van der Waals surface area contributed by atoms with E-state index >= 15 is 0 Å². The van der Waals surface area contributed by atoms with Crippen molar-refractivity contribution in [2.75, 3.05) is 18.1 Å². The van der Waals surface area contributed by atoms with Crippen LogP contribution in [0.2, 0.25) is 0 Å². The molecule has 0 spiro atoms. The van der Waals surface area contributed by atoms with Gasteiger partial charge in [0.25, 0.3) is 0 Å². The van der Waals surface area contributed by atoms with Crippen LogP contribution in [0.3, 0.4) is 0 Å². The third kappa shape index (κ3) is 6.95. The zero-order chi connectivity index (χ0) is 18.8. The maximum absolute atomic E-state index is 8.07. The van der Waals surface area contributed by atoms with Crippen molar-refractivity contribution in [2.24, 2.45) is 0 Å². The summed E-state index contributed by atoms with van der Waals surface area (Å²) in [4.78, 5) is 14.7. The predicted octanol–water partition coefficient (Wildman–Crippen LogP) is 2.81. The first-order chi connectivity index (χ1) is 12.6. The van der Waals surface area contributed by atoms with Crippen molar-refractivity contribution in [3.8, 4) is 0 Å².